The summed E-state index contributed by atoms with van der Waals surface area (Å²) in [6, 6.07) is 8.88. The van der Waals surface area contributed by atoms with Crippen molar-refractivity contribution in [1.82, 2.24) is 15.3 Å². The van der Waals surface area contributed by atoms with Crippen molar-refractivity contribution >= 4 is 22.7 Å². The van der Waals surface area contributed by atoms with Crippen molar-refractivity contribution in [2.75, 3.05) is 36.4 Å². The van der Waals surface area contributed by atoms with Gasteiger partial charge in [-0.05, 0) is 25.0 Å². The minimum absolute atomic E-state index is 0.539. The van der Waals surface area contributed by atoms with Crippen LogP contribution >= 0.6 is 0 Å². The smallest absolute Gasteiger partial charge is 0.225 e. The summed E-state index contributed by atoms with van der Waals surface area (Å²) in [5, 5.41) is 8.11. The van der Waals surface area contributed by atoms with E-state index in [9.17, 15) is 0 Å². The Morgan fingerprint density at radius 2 is 1.82 bits per heavy atom. The lowest BCUT2D eigenvalue weighted by molar-refractivity contribution is 0.586. The van der Waals surface area contributed by atoms with Gasteiger partial charge in [0.25, 0.3) is 0 Å². The summed E-state index contributed by atoms with van der Waals surface area (Å²) in [6.07, 6.45) is 5.10. The van der Waals surface area contributed by atoms with E-state index in [4.69, 9.17) is 9.97 Å². The number of fused-ring (bicyclic) bond motifs is 1. The van der Waals surface area contributed by atoms with Crippen LogP contribution in [0.4, 0.5) is 11.8 Å². The summed E-state index contributed by atoms with van der Waals surface area (Å²) >= 11 is 0. The van der Waals surface area contributed by atoms with Crippen molar-refractivity contribution < 1.29 is 0 Å². The molecule has 5 nitrogen and oxygen atoms in total. The van der Waals surface area contributed by atoms with Crippen molar-refractivity contribution in [1.29, 1.82) is 0 Å². The van der Waals surface area contributed by atoms with E-state index in [-0.39, 0.29) is 0 Å². The Morgan fingerprint density at radius 1 is 1.05 bits per heavy atom. The van der Waals surface area contributed by atoms with Crippen molar-refractivity contribution in [3.8, 4) is 0 Å². The zero-order chi connectivity index (χ0) is 14.8. The van der Waals surface area contributed by atoms with Gasteiger partial charge in [-0.1, -0.05) is 25.0 Å². The van der Waals surface area contributed by atoms with Gasteiger partial charge in [-0.25, -0.2) is 4.98 Å². The highest BCUT2D eigenvalue weighted by molar-refractivity contribution is 5.90. The van der Waals surface area contributed by atoms with Crippen LogP contribution in [-0.2, 0) is 0 Å². The molecule has 0 spiro atoms. The quantitative estimate of drug-likeness (QED) is 0.911. The number of nitrogens with zero attached hydrogens (tertiary/aromatic N) is 3. The molecule has 2 N–H and O–H groups in total. The monoisotopic (exact) mass is 297 g/mol. The largest absolute Gasteiger partial charge is 0.353 e. The average Bonchev–Trinajstić information content (AvgIpc) is 3.08. The zero-order valence-corrected chi connectivity index (χ0v) is 12.9. The summed E-state index contributed by atoms with van der Waals surface area (Å²) < 4.78 is 0. The van der Waals surface area contributed by atoms with Gasteiger partial charge in [-0.3, -0.25) is 0 Å². The number of hydrogen-bond acceptors (Lipinski definition) is 5. The molecule has 1 aliphatic heterocycles. The first-order valence-electron chi connectivity index (χ1n) is 8.39. The maximum atomic E-state index is 4.86. The lowest BCUT2D eigenvalue weighted by atomic mass is 10.2. The number of hydrogen-bond donors (Lipinski definition) is 2. The highest BCUT2D eigenvalue weighted by Crippen LogP contribution is 2.27. The average molecular weight is 297 g/mol. The lowest BCUT2D eigenvalue weighted by Gasteiger charge is -2.29. The number of para-hydroxylation sites is 1. The Labute approximate surface area is 131 Å². The van der Waals surface area contributed by atoms with E-state index >= 15 is 0 Å². The van der Waals surface area contributed by atoms with E-state index in [0.29, 0.717) is 6.04 Å². The lowest BCUT2D eigenvalue weighted by Crippen LogP contribution is -2.44. The molecule has 0 amide bonds. The van der Waals surface area contributed by atoms with Gasteiger partial charge in [0.1, 0.15) is 5.82 Å². The predicted molar refractivity (Wildman–Crippen MR) is 90.5 cm³/mol. The molecular formula is C17H23N5. The Balaban J connectivity index is 1.71. The molecule has 1 aromatic heterocycles. The normalized spacial score (nSPS) is 19.7. The van der Waals surface area contributed by atoms with Crippen molar-refractivity contribution in [2.24, 2.45) is 0 Å². The minimum atomic E-state index is 0.539. The second-order valence-electron chi connectivity index (χ2n) is 6.25. The number of rotatable bonds is 3. The molecule has 116 valence electrons. The van der Waals surface area contributed by atoms with Crippen LogP contribution in [0.25, 0.3) is 10.9 Å². The molecule has 2 fully saturated rings. The minimum Gasteiger partial charge on any atom is -0.353 e. The number of benzene rings is 1. The third-order valence-corrected chi connectivity index (χ3v) is 4.69. The summed E-state index contributed by atoms with van der Waals surface area (Å²) in [5.41, 5.74) is 1.03. The predicted octanol–water partition coefficient (Wildman–Crippen LogP) is 2.39. The van der Waals surface area contributed by atoms with Crippen LogP contribution in [0.1, 0.15) is 25.7 Å². The van der Waals surface area contributed by atoms with E-state index < -0.39 is 0 Å². The Morgan fingerprint density at radius 3 is 2.64 bits per heavy atom. The van der Waals surface area contributed by atoms with Gasteiger partial charge < -0.3 is 15.5 Å². The van der Waals surface area contributed by atoms with Crippen LogP contribution in [0.5, 0.6) is 0 Å². The standard InChI is InChI=1S/C17H23N5/c1-2-6-13(5-1)19-17-20-15-8-4-3-7-14(15)16(21-17)22-11-9-18-10-12-22/h3-4,7-8,13,18H,1-2,5-6,9-12H2,(H,19,20,21). The number of aromatic nitrogens is 2. The molecule has 1 saturated carbocycles. The first-order valence-corrected chi connectivity index (χ1v) is 8.39. The molecule has 0 unspecified atom stereocenters. The number of anilines is 2. The van der Waals surface area contributed by atoms with E-state index in [0.717, 1.165) is 48.8 Å². The fraction of sp³-hybridized carbons (Fsp3) is 0.529. The van der Waals surface area contributed by atoms with Gasteiger partial charge >= 0.3 is 0 Å². The molecule has 0 bridgehead atoms. The summed E-state index contributed by atoms with van der Waals surface area (Å²) in [7, 11) is 0. The molecule has 2 aromatic rings. The fourth-order valence-corrected chi connectivity index (χ4v) is 3.49. The molecule has 22 heavy (non-hydrogen) atoms. The van der Waals surface area contributed by atoms with Crippen LogP contribution < -0.4 is 15.5 Å². The topological polar surface area (TPSA) is 53.1 Å². The molecule has 0 radical (unpaired) electrons. The van der Waals surface area contributed by atoms with Gasteiger partial charge in [-0.2, -0.15) is 4.98 Å². The number of nitrogens with one attached hydrogen (secondary N) is 2. The third kappa shape index (κ3) is 2.73. The third-order valence-electron chi connectivity index (χ3n) is 4.69. The van der Waals surface area contributed by atoms with Gasteiger partial charge in [0.15, 0.2) is 0 Å². The molecule has 0 atom stereocenters. The van der Waals surface area contributed by atoms with Gasteiger partial charge in [0.2, 0.25) is 5.95 Å². The van der Waals surface area contributed by atoms with E-state index in [1.807, 2.05) is 0 Å². The zero-order valence-electron chi connectivity index (χ0n) is 12.9. The summed E-state index contributed by atoms with van der Waals surface area (Å²) in [4.78, 5) is 12.0. The van der Waals surface area contributed by atoms with Crippen LogP contribution in [0.2, 0.25) is 0 Å². The molecule has 2 aliphatic rings. The highest BCUT2D eigenvalue weighted by atomic mass is 15.3. The van der Waals surface area contributed by atoms with Crippen molar-refractivity contribution in [3.63, 3.8) is 0 Å². The molecule has 4 rings (SSSR count). The molecular weight excluding hydrogens is 274 g/mol. The molecule has 1 aromatic carbocycles. The summed E-state index contributed by atoms with van der Waals surface area (Å²) in [6.45, 7) is 4.04. The maximum absolute atomic E-state index is 4.86. The van der Waals surface area contributed by atoms with E-state index in [1.165, 1.54) is 25.7 Å². The molecule has 5 heteroatoms. The first-order chi connectivity index (χ1) is 10.9. The molecule has 1 saturated heterocycles. The second-order valence-corrected chi connectivity index (χ2v) is 6.25. The van der Waals surface area contributed by atoms with Crippen molar-refractivity contribution in [3.05, 3.63) is 24.3 Å². The van der Waals surface area contributed by atoms with E-state index in [1.54, 1.807) is 0 Å². The highest BCUT2D eigenvalue weighted by Gasteiger charge is 2.19. The molecule has 2 heterocycles. The Bertz CT molecular complexity index is 645. The fourth-order valence-electron chi connectivity index (χ4n) is 3.49. The molecule has 1 aliphatic carbocycles. The van der Waals surface area contributed by atoms with Gasteiger partial charge in [-0.15, -0.1) is 0 Å². The van der Waals surface area contributed by atoms with E-state index in [2.05, 4.69) is 39.8 Å². The van der Waals surface area contributed by atoms with Crippen LogP contribution in [-0.4, -0.2) is 42.2 Å². The number of piperazine rings is 1. The SMILES string of the molecule is c1ccc2c(N3CCNCC3)nc(NC3CCCC3)nc2c1. The summed E-state index contributed by atoms with van der Waals surface area (Å²) in [5.74, 6) is 1.87. The Hall–Kier alpha value is -1.88. The van der Waals surface area contributed by atoms with Crippen LogP contribution in [0.15, 0.2) is 24.3 Å². The van der Waals surface area contributed by atoms with Gasteiger partial charge in [0.05, 0.1) is 5.52 Å². The van der Waals surface area contributed by atoms with Crippen molar-refractivity contribution in [2.45, 2.75) is 31.7 Å². The van der Waals surface area contributed by atoms with Crippen LogP contribution in [0, 0.1) is 0 Å². The maximum Gasteiger partial charge on any atom is 0.225 e. The first kappa shape index (κ1) is 13.8. The van der Waals surface area contributed by atoms with Gasteiger partial charge in [0, 0.05) is 37.6 Å². The second kappa shape index (κ2) is 6.08. The Kier molecular flexibility index (Phi) is 3.81. The van der Waals surface area contributed by atoms with Crippen LogP contribution in [0.3, 0.4) is 0 Å².